The van der Waals surface area contributed by atoms with Gasteiger partial charge >= 0.3 is 0 Å². The molecule has 0 aliphatic heterocycles. The van der Waals surface area contributed by atoms with Crippen molar-refractivity contribution >= 4 is 0 Å². The summed E-state index contributed by atoms with van der Waals surface area (Å²) < 4.78 is 5.46. The minimum Gasteiger partial charge on any atom is -0.497 e. The number of benzene rings is 1. The third kappa shape index (κ3) is 1.89. The van der Waals surface area contributed by atoms with Crippen LogP contribution in [-0.4, -0.2) is 18.3 Å². The number of aryl methyl sites for hydroxylation is 2. The third-order valence-corrected chi connectivity index (χ3v) is 7.19. The molecule has 0 saturated heterocycles. The van der Waals surface area contributed by atoms with Gasteiger partial charge in [0.15, 0.2) is 0 Å². The fraction of sp³-hybridized carbons (Fsp3) is 0.700. The summed E-state index contributed by atoms with van der Waals surface area (Å²) in [6, 6.07) is 4.47. The van der Waals surface area contributed by atoms with E-state index >= 15 is 0 Å². The highest BCUT2D eigenvalue weighted by Gasteiger charge is 2.54. The summed E-state index contributed by atoms with van der Waals surface area (Å²) in [7, 11) is 1.76. The lowest BCUT2D eigenvalue weighted by molar-refractivity contribution is -0.0227. The molecule has 0 aromatic heterocycles. The lowest BCUT2D eigenvalue weighted by Crippen LogP contribution is -2.44. The summed E-state index contributed by atoms with van der Waals surface area (Å²) >= 11 is 0. The van der Waals surface area contributed by atoms with E-state index in [4.69, 9.17) is 4.74 Å². The Labute approximate surface area is 133 Å². The van der Waals surface area contributed by atoms with Crippen molar-refractivity contribution in [2.24, 2.45) is 17.3 Å². The van der Waals surface area contributed by atoms with Crippen LogP contribution in [0.4, 0.5) is 0 Å². The zero-order chi connectivity index (χ0) is 15.5. The van der Waals surface area contributed by atoms with E-state index in [1.165, 1.54) is 43.2 Å². The summed E-state index contributed by atoms with van der Waals surface area (Å²) in [6.07, 6.45) is 7.06. The van der Waals surface area contributed by atoms with Crippen molar-refractivity contribution in [3.05, 3.63) is 28.8 Å². The predicted molar refractivity (Wildman–Crippen MR) is 88.4 cm³/mol. The van der Waals surface area contributed by atoms with E-state index < -0.39 is 0 Å². The van der Waals surface area contributed by atoms with Crippen molar-refractivity contribution in [2.45, 2.75) is 64.4 Å². The monoisotopic (exact) mass is 300 g/mol. The van der Waals surface area contributed by atoms with Crippen LogP contribution in [0.3, 0.4) is 0 Å². The smallest absolute Gasteiger partial charge is 0.119 e. The number of hydrogen-bond donors (Lipinski definition) is 1. The summed E-state index contributed by atoms with van der Waals surface area (Å²) in [6.45, 7) is 4.60. The maximum Gasteiger partial charge on any atom is 0.119 e. The van der Waals surface area contributed by atoms with Gasteiger partial charge in [-0.05, 0) is 97.4 Å². The van der Waals surface area contributed by atoms with E-state index in [2.05, 4.69) is 26.0 Å². The van der Waals surface area contributed by atoms with E-state index in [0.29, 0.717) is 5.92 Å². The number of hydrogen-bond acceptors (Lipinski definition) is 2. The first-order chi connectivity index (χ1) is 10.5. The molecule has 1 aromatic carbocycles. The van der Waals surface area contributed by atoms with Crippen molar-refractivity contribution in [2.75, 3.05) is 7.11 Å². The lowest BCUT2D eigenvalue weighted by atomic mass is 9.55. The van der Waals surface area contributed by atoms with Crippen LogP contribution >= 0.6 is 0 Å². The second-order valence-corrected chi connectivity index (χ2v) is 8.07. The normalized spacial score (nSPS) is 39.8. The Hall–Kier alpha value is -1.02. The molecular weight excluding hydrogens is 272 g/mol. The molecule has 2 saturated carbocycles. The fourth-order valence-corrected chi connectivity index (χ4v) is 6.03. The van der Waals surface area contributed by atoms with Crippen LogP contribution in [0.2, 0.25) is 0 Å². The molecular formula is C20H28O2. The molecule has 0 amide bonds. The molecule has 0 bridgehead atoms. The van der Waals surface area contributed by atoms with Gasteiger partial charge in [-0.25, -0.2) is 0 Å². The average molecular weight is 300 g/mol. The topological polar surface area (TPSA) is 29.5 Å². The van der Waals surface area contributed by atoms with Crippen LogP contribution in [0.5, 0.6) is 5.75 Å². The second-order valence-electron chi connectivity index (χ2n) is 8.07. The van der Waals surface area contributed by atoms with Crippen LogP contribution in [0.25, 0.3) is 0 Å². The first-order valence-corrected chi connectivity index (χ1v) is 8.90. The summed E-state index contributed by atoms with van der Waals surface area (Å²) in [5.41, 5.74) is 4.71. The van der Waals surface area contributed by atoms with Crippen LogP contribution in [0, 0.1) is 24.2 Å². The Morgan fingerprint density at radius 2 is 2.00 bits per heavy atom. The summed E-state index contributed by atoms with van der Waals surface area (Å²) in [5.74, 6) is 3.20. The van der Waals surface area contributed by atoms with Crippen molar-refractivity contribution in [3.63, 3.8) is 0 Å². The molecule has 0 heterocycles. The van der Waals surface area contributed by atoms with Gasteiger partial charge in [0.1, 0.15) is 5.75 Å². The van der Waals surface area contributed by atoms with E-state index in [0.717, 1.165) is 24.0 Å². The summed E-state index contributed by atoms with van der Waals surface area (Å²) in [5, 5.41) is 10.5. The number of aliphatic hydroxyl groups is 1. The first kappa shape index (κ1) is 14.6. The SMILES string of the molecule is COc1cc(C)c2c(c1)CC[C@@H]1[C@H]2CC[C@]2(C)[C@H](O)CC[C@@H]12. The zero-order valence-corrected chi connectivity index (χ0v) is 14.1. The van der Waals surface area contributed by atoms with Crippen LogP contribution in [0.15, 0.2) is 12.1 Å². The lowest BCUT2D eigenvalue weighted by Gasteiger charge is -2.50. The largest absolute Gasteiger partial charge is 0.497 e. The van der Waals surface area contributed by atoms with Crippen LogP contribution < -0.4 is 4.74 Å². The van der Waals surface area contributed by atoms with Crippen molar-refractivity contribution < 1.29 is 9.84 Å². The summed E-state index contributed by atoms with van der Waals surface area (Å²) in [4.78, 5) is 0. The van der Waals surface area contributed by atoms with Gasteiger partial charge in [0.25, 0.3) is 0 Å². The van der Waals surface area contributed by atoms with E-state index in [9.17, 15) is 5.11 Å². The minimum atomic E-state index is -0.0724. The molecule has 3 aliphatic carbocycles. The Morgan fingerprint density at radius 3 is 2.77 bits per heavy atom. The Morgan fingerprint density at radius 1 is 1.18 bits per heavy atom. The molecule has 120 valence electrons. The van der Waals surface area contributed by atoms with Gasteiger partial charge in [0.05, 0.1) is 13.2 Å². The predicted octanol–water partition coefficient (Wildman–Crippen LogP) is 4.22. The van der Waals surface area contributed by atoms with Crippen LogP contribution in [-0.2, 0) is 6.42 Å². The molecule has 0 unspecified atom stereocenters. The number of methoxy groups -OCH3 is 1. The van der Waals surface area contributed by atoms with Crippen molar-refractivity contribution in [3.8, 4) is 5.75 Å². The molecule has 0 radical (unpaired) electrons. The Balaban J connectivity index is 1.73. The maximum atomic E-state index is 10.5. The van der Waals surface area contributed by atoms with Gasteiger partial charge in [-0.2, -0.15) is 0 Å². The molecule has 2 heteroatoms. The number of rotatable bonds is 1. The van der Waals surface area contributed by atoms with Gasteiger partial charge in [0.2, 0.25) is 0 Å². The molecule has 3 aliphatic rings. The molecule has 1 N–H and O–H groups in total. The van der Waals surface area contributed by atoms with Gasteiger partial charge in [0, 0.05) is 0 Å². The molecule has 4 rings (SSSR count). The zero-order valence-electron chi connectivity index (χ0n) is 14.1. The van der Waals surface area contributed by atoms with E-state index in [1.807, 2.05) is 0 Å². The van der Waals surface area contributed by atoms with Crippen molar-refractivity contribution in [1.82, 2.24) is 0 Å². The standard InChI is InChI=1S/C20H28O2/c1-12-10-14(22-3)11-13-4-5-15-16(19(12)13)8-9-20(2)17(15)6-7-18(20)21/h10-11,15-18,21H,4-9H2,1-3H3/t15-,16-,17+,18-,20+/m1/s1. The quantitative estimate of drug-likeness (QED) is 0.841. The molecule has 1 aromatic rings. The number of aliphatic hydroxyl groups excluding tert-OH is 1. The highest BCUT2D eigenvalue weighted by atomic mass is 16.5. The number of ether oxygens (including phenoxy) is 1. The van der Waals surface area contributed by atoms with Gasteiger partial charge in [-0.15, -0.1) is 0 Å². The fourth-order valence-electron chi connectivity index (χ4n) is 6.03. The average Bonchev–Trinajstić information content (AvgIpc) is 2.82. The second kappa shape index (κ2) is 4.99. The Bertz CT molecular complexity index is 594. The molecule has 0 spiro atoms. The molecule has 2 fully saturated rings. The van der Waals surface area contributed by atoms with E-state index in [-0.39, 0.29) is 11.5 Å². The number of fused-ring (bicyclic) bond motifs is 5. The highest BCUT2D eigenvalue weighted by Crippen LogP contribution is 2.61. The molecule has 22 heavy (non-hydrogen) atoms. The van der Waals surface area contributed by atoms with Gasteiger partial charge in [-0.1, -0.05) is 6.92 Å². The molecule has 5 atom stereocenters. The maximum absolute atomic E-state index is 10.5. The van der Waals surface area contributed by atoms with Crippen molar-refractivity contribution in [1.29, 1.82) is 0 Å². The highest BCUT2D eigenvalue weighted by molar-refractivity contribution is 5.46. The van der Waals surface area contributed by atoms with Gasteiger partial charge in [-0.3, -0.25) is 0 Å². The van der Waals surface area contributed by atoms with E-state index in [1.54, 1.807) is 12.7 Å². The molecule has 2 nitrogen and oxygen atoms in total. The Kier molecular flexibility index (Phi) is 3.30. The first-order valence-electron chi connectivity index (χ1n) is 8.90. The minimum absolute atomic E-state index is 0.0724. The third-order valence-electron chi connectivity index (χ3n) is 7.19. The van der Waals surface area contributed by atoms with Gasteiger partial charge < -0.3 is 9.84 Å². The van der Waals surface area contributed by atoms with Crippen LogP contribution in [0.1, 0.15) is 61.6 Å².